The van der Waals surface area contributed by atoms with Crippen LogP contribution in [0.4, 0.5) is 10.1 Å². The first-order chi connectivity index (χ1) is 12.9. The minimum atomic E-state index is -3.82. The van der Waals surface area contributed by atoms with Gasteiger partial charge in [-0.25, -0.2) is 12.8 Å². The first-order valence-corrected chi connectivity index (χ1v) is 10.9. The zero-order chi connectivity index (χ0) is 19.4. The molecule has 1 amide bonds. The first-order valence-electron chi connectivity index (χ1n) is 8.25. The van der Waals surface area contributed by atoms with Crippen LogP contribution in [-0.4, -0.2) is 51.2 Å². The number of carbonyl (C=O) groups excluding carboxylic acids is 1. The second-order valence-corrected chi connectivity index (χ2v) is 8.60. The average Bonchev–Trinajstić information content (AvgIpc) is 2.69. The third-order valence-electron chi connectivity index (χ3n) is 4.15. The van der Waals surface area contributed by atoms with E-state index in [0.29, 0.717) is 18.9 Å². The number of hydrogen-bond acceptors (Lipinski definition) is 5. The van der Waals surface area contributed by atoms with Gasteiger partial charge in [0.25, 0.3) is 5.91 Å². The highest BCUT2D eigenvalue weighted by atomic mass is 32.2. The van der Waals surface area contributed by atoms with Crippen LogP contribution in [0.25, 0.3) is 0 Å². The molecule has 0 unspecified atom stereocenters. The van der Waals surface area contributed by atoms with E-state index in [1.54, 1.807) is 12.1 Å². The normalized spacial score (nSPS) is 15.5. The van der Waals surface area contributed by atoms with Crippen molar-refractivity contribution in [3.05, 3.63) is 53.8 Å². The number of thioether (sulfide) groups is 1. The fourth-order valence-corrected chi connectivity index (χ4v) is 4.70. The van der Waals surface area contributed by atoms with Crippen molar-refractivity contribution in [3.8, 4) is 0 Å². The standard InChI is InChI=1S/C18H19FN2O4S2/c1-26-17-5-3-2-4-16(17)20-18(22)14-12-13(6-7-15(14)19)27(23,24)21-8-10-25-11-9-21/h2-7,12H,8-11H2,1H3,(H,20,22). The van der Waals surface area contributed by atoms with Gasteiger partial charge < -0.3 is 10.1 Å². The Morgan fingerprint density at radius 1 is 1.19 bits per heavy atom. The van der Waals surface area contributed by atoms with E-state index in [1.807, 2.05) is 18.4 Å². The summed E-state index contributed by atoms with van der Waals surface area (Å²) in [7, 11) is -3.82. The van der Waals surface area contributed by atoms with Crippen molar-refractivity contribution in [3.63, 3.8) is 0 Å². The van der Waals surface area contributed by atoms with Crippen molar-refractivity contribution in [1.29, 1.82) is 0 Å². The second kappa shape index (κ2) is 8.39. The molecule has 144 valence electrons. The molecule has 1 saturated heterocycles. The molecule has 3 rings (SSSR count). The Morgan fingerprint density at radius 3 is 2.59 bits per heavy atom. The maximum atomic E-state index is 14.2. The molecule has 0 aliphatic carbocycles. The Bertz CT molecular complexity index is 944. The summed E-state index contributed by atoms with van der Waals surface area (Å²) in [6, 6.07) is 10.4. The Labute approximate surface area is 161 Å². The van der Waals surface area contributed by atoms with Crippen LogP contribution in [-0.2, 0) is 14.8 Å². The number of benzene rings is 2. The summed E-state index contributed by atoms with van der Waals surface area (Å²) in [5, 5.41) is 2.65. The van der Waals surface area contributed by atoms with E-state index in [9.17, 15) is 17.6 Å². The highest BCUT2D eigenvalue weighted by molar-refractivity contribution is 7.98. The summed E-state index contributed by atoms with van der Waals surface area (Å²) in [5.74, 6) is -1.48. The van der Waals surface area contributed by atoms with E-state index >= 15 is 0 Å². The number of morpholine rings is 1. The Hall–Kier alpha value is -1.94. The molecule has 2 aromatic rings. The van der Waals surface area contributed by atoms with Gasteiger partial charge in [-0.2, -0.15) is 4.31 Å². The molecule has 1 aliphatic rings. The molecule has 1 fully saturated rings. The van der Waals surface area contributed by atoms with Gasteiger partial charge in [-0.05, 0) is 36.6 Å². The maximum Gasteiger partial charge on any atom is 0.258 e. The Balaban J connectivity index is 1.90. The number of anilines is 1. The number of amides is 1. The van der Waals surface area contributed by atoms with Crippen LogP contribution in [0.2, 0.25) is 0 Å². The minimum absolute atomic E-state index is 0.117. The lowest BCUT2D eigenvalue weighted by Gasteiger charge is -2.26. The summed E-state index contributed by atoms with van der Waals surface area (Å²) < 4.78 is 46.2. The van der Waals surface area contributed by atoms with E-state index in [2.05, 4.69) is 5.32 Å². The summed E-state index contributed by atoms with van der Waals surface area (Å²) in [4.78, 5) is 13.3. The van der Waals surface area contributed by atoms with Crippen LogP contribution in [0.5, 0.6) is 0 Å². The van der Waals surface area contributed by atoms with Crippen LogP contribution in [0, 0.1) is 5.82 Å². The largest absolute Gasteiger partial charge is 0.379 e. The molecule has 0 spiro atoms. The van der Waals surface area contributed by atoms with Crippen LogP contribution in [0.3, 0.4) is 0 Å². The lowest BCUT2D eigenvalue weighted by molar-refractivity contribution is 0.0730. The lowest BCUT2D eigenvalue weighted by atomic mass is 10.2. The Morgan fingerprint density at radius 2 is 1.89 bits per heavy atom. The quantitative estimate of drug-likeness (QED) is 0.767. The van der Waals surface area contributed by atoms with Gasteiger partial charge in [0.15, 0.2) is 0 Å². The molecule has 0 saturated carbocycles. The maximum absolute atomic E-state index is 14.2. The Kier molecular flexibility index (Phi) is 6.15. The zero-order valence-electron chi connectivity index (χ0n) is 14.6. The zero-order valence-corrected chi connectivity index (χ0v) is 16.3. The molecule has 0 bridgehead atoms. The van der Waals surface area contributed by atoms with E-state index < -0.39 is 21.7 Å². The number of carbonyl (C=O) groups is 1. The van der Waals surface area contributed by atoms with E-state index in [4.69, 9.17) is 4.74 Å². The minimum Gasteiger partial charge on any atom is -0.379 e. The number of nitrogens with one attached hydrogen (secondary N) is 1. The van der Waals surface area contributed by atoms with Crippen molar-refractivity contribution in [1.82, 2.24) is 4.31 Å². The topological polar surface area (TPSA) is 75.7 Å². The number of sulfonamides is 1. The van der Waals surface area contributed by atoms with E-state index in [1.165, 1.54) is 22.1 Å². The number of hydrogen-bond donors (Lipinski definition) is 1. The molecule has 0 atom stereocenters. The molecule has 27 heavy (non-hydrogen) atoms. The molecular formula is C18H19FN2O4S2. The number of halogens is 1. The van der Waals surface area contributed by atoms with Gasteiger partial charge in [0, 0.05) is 18.0 Å². The molecule has 1 heterocycles. The molecule has 1 aliphatic heterocycles. The third-order valence-corrected chi connectivity index (χ3v) is 6.84. The molecule has 0 aromatic heterocycles. The SMILES string of the molecule is CSc1ccccc1NC(=O)c1cc(S(=O)(=O)N2CCOCC2)ccc1F. The molecule has 2 aromatic carbocycles. The van der Waals surface area contributed by atoms with E-state index in [-0.39, 0.29) is 23.5 Å². The number of nitrogens with zero attached hydrogens (tertiary/aromatic N) is 1. The fraction of sp³-hybridized carbons (Fsp3) is 0.278. The fourth-order valence-electron chi connectivity index (χ4n) is 2.71. The molecule has 9 heteroatoms. The monoisotopic (exact) mass is 410 g/mol. The highest BCUT2D eigenvalue weighted by Gasteiger charge is 2.28. The predicted octanol–water partition coefficient (Wildman–Crippen LogP) is 2.82. The van der Waals surface area contributed by atoms with Crippen molar-refractivity contribution < 1.29 is 22.3 Å². The number of para-hydroxylation sites is 1. The van der Waals surface area contributed by atoms with Crippen LogP contribution >= 0.6 is 11.8 Å². The van der Waals surface area contributed by atoms with Gasteiger partial charge in [0.2, 0.25) is 10.0 Å². The van der Waals surface area contributed by atoms with Gasteiger partial charge in [0.05, 0.1) is 29.4 Å². The van der Waals surface area contributed by atoms with Crippen molar-refractivity contribution in [2.45, 2.75) is 9.79 Å². The van der Waals surface area contributed by atoms with Crippen LogP contribution in [0.15, 0.2) is 52.3 Å². The first kappa shape index (κ1) is 19.8. The van der Waals surface area contributed by atoms with Gasteiger partial charge in [-0.1, -0.05) is 12.1 Å². The molecule has 0 radical (unpaired) electrons. The van der Waals surface area contributed by atoms with E-state index in [0.717, 1.165) is 17.0 Å². The molecular weight excluding hydrogens is 391 g/mol. The van der Waals surface area contributed by atoms with Gasteiger partial charge >= 0.3 is 0 Å². The smallest absolute Gasteiger partial charge is 0.258 e. The summed E-state index contributed by atoms with van der Waals surface area (Å²) in [6.07, 6.45) is 1.86. The van der Waals surface area contributed by atoms with Crippen molar-refractivity contribution >= 4 is 33.4 Å². The molecule has 1 N–H and O–H groups in total. The van der Waals surface area contributed by atoms with Crippen LogP contribution in [0.1, 0.15) is 10.4 Å². The van der Waals surface area contributed by atoms with Crippen LogP contribution < -0.4 is 5.32 Å². The summed E-state index contributed by atoms with van der Waals surface area (Å²) in [5.41, 5.74) is 0.219. The predicted molar refractivity (Wildman–Crippen MR) is 102 cm³/mol. The number of rotatable bonds is 5. The third kappa shape index (κ3) is 4.32. The van der Waals surface area contributed by atoms with Gasteiger partial charge in [-0.3, -0.25) is 4.79 Å². The van der Waals surface area contributed by atoms with Gasteiger partial charge in [-0.15, -0.1) is 11.8 Å². The lowest BCUT2D eigenvalue weighted by Crippen LogP contribution is -2.40. The second-order valence-electron chi connectivity index (χ2n) is 5.81. The van der Waals surface area contributed by atoms with Crippen molar-refractivity contribution in [2.24, 2.45) is 0 Å². The van der Waals surface area contributed by atoms with Crippen molar-refractivity contribution in [2.75, 3.05) is 37.9 Å². The molecule has 6 nitrogen and oxygen atoms in total. The summed E-state index contributed by atoms with van der Waals surface area (Å²) in [6.45, 7) is 1.06. The van der Waals surface area contributed by atoms with Gasteiger partial charge in [0.1, 0.15) is 5.82 Å². The highest BCUT2D eigenvalue weighted by Crippen LogP contribution is 2.26. The summed E-state index contributed by atoms with van der Waals surface area (Å²) >= 11 is 1.44. The number of ether oxygens (including phenoxy) is 1. The average molecular weight is 410 g/mol.